The summed E-state index contributed by atoms with van der Waals surface area (Å²) in [5, 5.41) is 16.4. The van der Waals surface area contributed by atoms with E-state index in [1.54, 1.807) is 24.6 Å². The van der Waals surface area contributed by atoms with Gasteiger partial charge in [0.25, 0.3) is 5.89 Å². The number of hydrogen-bond acceptors (Lipinski definition) is 8. The maximum atomic E-state index is 5.68. The maximum absolute atomic E-state index is 5.68. The SMILES string of the molecule is CN(Cc1nnc(-c2ccco2)o1)C[C@H]1CCCN1c1cccnn1. The summed E-state index contributed by atoms with van der Waals surface area (Å²) in [6.45, 7) is 2.51. The molecule has 1 aliphatic rings. The van der Waals surface area contributed by atoms with Crippen molar-refractivity contribution in [3.63, 3.8) is 0 Å². The molecule has 0 unspecified atom stereocenters. The van der Waals surface area contributed by atoms with Crippen molar-refractivity contribution < 1.29 is 8.83 Å². The van der Waals surface area contributed by atoms with E-state index < -0.39 is 0 Å². The van der Waals surface area contributed by atoms with Crippen molar-refractivity contribution in [2.24, 2.45) is 0 Å². The topological polar surface area (TPSA) is 84.3 Å². The Morgan fingerprint density at radius 2 is 2.20 bits per heavy atom. The van der Waals surface area contributed by atoms with E-state index in [-0.39, 0.29) is 0 Å². The van der Waals surface area contributed by atoms with Crippen LogP contribution in [0.1, 0.15) is 18.7 Å². The Hall–Kier alpha value is -2.74. The quantitative estimate of drug-likeness (QED) is 0.675. The molecule has 4 rings (SSSR count). The highest BCUT2D eigenvalue weighted by molar-refractivity contribution is 5.42. The summed E-state index contributed by atoms with van der Waals surface area (Å²) in [5.41, 5.74) is 0. The summed E-state index contributed by atoms with van der Waals surface area (Å²) < 4.78 is 11.0. The van der Waals surface area contributed by atoms with E-state index in [1.165, 1.54) is 0 Å². The van der Waals surface area contributed by atoms with Crippen LogP contribution in [0.25, 0.3) is 11.7 Å². The number of likely N-dealkylation sites (N-methyl/N-ethyl adjacent to an activating group) is 1. The molecule has 3 aromatic heterocycles. The van der Waals surface area contributed by atoms with Gasteiger partial charge in [0.1, 0.15) is 0 Å². The first-order chi connectivity index (χ1) is 12.3. The Morgan fingerprint density at radius 1 is 1.24 bits per heavy atom. The third-order valence-corrected chi connectivity index (χ3v) is 4.36. The number of rotatable bonds is 6. The van der Waals surface area contributed by atoms with Gasteiger partial charge in [0, 0.05) is 25.3 Å². The summed E-state index contributed by atoms with van der Waals surface area (Å²) >= 11 is 0. The van der Waals surface area contributed by atoms with Gasteiger partial charge in [-0.15, -0.1) is 15.3 Å². The van der Waals surface area contributed by atoms with Crippen LogP contribution in [0.4, 0.5) is 5.82 Å². The summed E-state index contributed by atoms with van der Waals surface area (Å²) in [4.78, 5) is 4.52. The average Bonchev–Trinajstić information content (AvgIpc) is 3.37. The Kier molecular flexibility index (Phi) is 4.43. The van der Waals surface area contributed by atoms with Crippen LogP contribution in [0, 0.1) is 0 Å². The van der Waals surface area contributed by atoms with Gasteiger partial charge in [-0.2, -0.15) is 5.10 Å². The molecule has 0 radical (unpaired) electrons. The smallest absolute Gasteiger partial charge is 0.283 e. The van der Waals surface area contributed by atoms with Crippen LogP contribution in [0.15, 0.2) is 45.6 Å². The molecular weight excluding hydrogens is 320 g/mol. The third kappa shape index (κ3) is 3.53. The zero-order valence-corrected chi connectivity index (χ0v) is 14.1. The molecule has 0 spiro atoms. The summed E-state index contributed by atoms with van der Waals surface area (Å²) in [7, 11) is 2.06. The molecule has 4 heterocycles. The largest absolute Gasteiger partial charge is 0.459 e. The van der Waals surface area contributed by atoms with Crippen LogP contribution in [0.5, 0.6) is 0 Å². The Balaban J connectivity index is 1.38. The molecule has 1 aliphatic heterocycles. The van der Waals surface area contributed by atoms with Gasteiger partial charge in [0.2, 0.25) is 5.89 Å². The van der Waals surface area contributed by atoms with Crippen LogP contribution in [0.2, 0.25) is 0 Å². The first kappa shape index (κ1) is 15.8. The van der Waals surface area contributed by atoms with E-state index in [2.05, 4.69) is 37.2 Å². The second-order valence-electron chi connectivity index (χ2n) is 6.25. The lowest BCUT2D eigenvalue weighted by atomic mass is 10.2. The second kappa shape index (κ2) is 7.02. The van der Waals surface area contributed by atoms with Crippen molar-refractivity contribution in [2.75, 3.05) is 25.0 Å². The van der Waals surface area contributed by atoms with Gasteiger partial charge in [0.05, 0.1) is 12.8 Å². The van der Waals surface area contributed by atoms with Crippen LogP contribution in [0.3, 0.4) is 0 Å². The van der Waals surface area contributed by atoms with Crippen LogP contribution < -0.4 is 4.90 Å². The minimum absolute atomic E-state index is 0.411. The van der Waals surface area contributed by atoms with E-state index in [1.807, 2.05) is 12.1 Å². The van der Waals surface area contributed by atoms with Crippen molar-refractivity contribution in [3.05, 3.63) is 42.6 Å². The molecule has 0 aromatic carbocycles. The minimum atomic E-state index is 0.411. The minimum Gasteiger partial charge on any atom is -0.459 e. The summed E-state index contributed by atoms with van der Waals surface area (Å²) in [5.74, 6) is 2.52. The number of anilines is 1. The predicted molar refractivity (Wildman–Crippen MR) is 90.7 cm³/mol. The lowest BCUT2D eigenvalue weighted by Gasteiger charge is -2.28. The van der Waals surface area contributed by atoms with Gasteiger partial charge in [-0.1, -0.05) is 0 Å². The molecule has 25 heavy (non-hydrogen) atoms. The Morgan fingerprint density at radius 3 is 3.00 bits per heavy atom. The van der Waals surface area contributed by atoms with Gasteiger partial charge >= 0.3 is 0 Å². The Labute approximate surface area is 145 Å². The fraction of sp³-hybridized carbons (Fsp3) is 0.412. The fourth-order valence-corrected chi connectivity index (χ4v) is 3.25. The van der Waals surface area contributed by atoms with Crippen molar-refractivity contribution in [1.82, 2.24) is 25.3 Å². The molecule has 0 aliphatic carbocycles. The number of nitrogens with zero attached hydrogens (tertiary/aromatic N) is 6. The number of furan rings is 1. The summed E-state index contributed by atoms with van der Waals surface area (Å²) in [6, 6.07) is 7.95. The second-order valence-corrected chi connectivity index (χ2v) is 6.25. The molecule has 1 atom stereocenters. The molecule has 130 valence electrons. The maximum Gasteiger partial charge on any atom is 0.283 e. The summed E-state index contributed by atoms with van der Waals surface area (Å²) in [6.07, 6.45) is 5.60. The van der Waals surface area contributed by atoms with Crippen LogP contribution >= 0.6 is 0 Å². The van der Waals surface area contributed by atoms with Crippen molar-refractivity contribution in [3.8, 4) is 11.7 Å². The zero-order chi connectivity index (χ0) is 17.1. The Bertz CT molecular complexity index is 789. The molecule has 0 saturated carbocycles. The van der Waals surface area contributed by atoms with Crippen molar-refractivity contribution >= 4 is 5.82 Å². The highest BCUT2D eigenvalue weighted by Crippen LogP contribution is 2.24. The van der Waals surface area contributed by atoms with E-state index in [0.29, 0.717) is 30.1 Å². The van der Waals surface area contributed by atoms with Gasteiger partial charge in [-0.3, -0.25) is 4.90 Å². The van der Waals surface area contributed by atoms with Crippen molar-refractivity contribution in [1.29, 1.82) is 0 Å². The first-order valence-electron chi connectivity index (χ1n) is 8.39. The van der Waals surface area contributed by atoms with Crippen LogP contribution in [-0.2, 0) is 6.54 Å². The molecule has 1 fully saturated rings. The molecule has 0 bridgehead atoms. The molecule has 8 heteroatoms. The molecule has 8 nitrogen and oxygen atoms in total. The molecule has 0 amide bonds. The van der Waals surface area contributed by atoms with Gasteiger partial charge < -0.3 is 13.7 Å². The molecule has 0 N–H and O–H groups in total. The van der Waals surface area contributed by atoms with Gasteiger partial charge in [-0.05, 0) is 44.2 Å². The lowest BCUT2D eigenvalue weighted by molar-refractivity contribution is 0.272. The van der Waals surface area contributed by atoms with Crippen LogP contribution in [-0.4, -0.2) is 51.5 Å². The highest BCUT2D eigenvalue weighted by Gasteiger charge is 2.27. The van der Waals surface area contributed by atoms with Gasteiger partial charge in [-0.25, -0.2) is 0 Å². The van der Waals surface area contributed by atoms with E-state index in [9.17, 15) is 0 Å². The monoisotopic (exact) mass is 340 g/mol. The molecule has 3 aromatic rings. The van der Waals surface area contributed by atoms with Gasteiger partial charge in [0.15, 0.2) is 11.6 Å². The number of aromatic nitrogens is 4. The third-order valence-electron chi connectivity index (χ3n) is 4.36. The lowest BCUT2D eigenvalue weighted by Crippen LogP contribution is -2.39. The standard InChI is InChI=1S/C17H20N6O2/c1-22(12-16-20-21-17(25-16)14-6-4-10-24-14)11-13-5-3-9-23(13)15-7-2-8-18-19-15/h2,4,6-8,10,13H,3,5,9,11-12H2,1H3/t13-/m1/s1. The number of hydrogen-bond donors (Lipinski definition) is 0. The zero-order valence-electron chi connectivity index (χ0n) is 14.1. The normalized spacial score (nSPS) is 17.5. The van der Waals surface area contributed by atoms with Crippen molar-refractivity contribution in [2.45, 2.75) is 25.4 Å². The van der Waals surface area contributed by atoms with E-state index in [0.717, 1.165) is 31.7 Å². The van der Waals surface area contributed by atoms with E-state index in [4.69, 9.17) is 8.83 Å². The molecule has 1 saturated heterocycles. The van der Waals surface area contributed by atoms with E-state index >= 15 is 0 Å². The predicted octanol–water partition coefficient (Wildman–Crippen LogP) is 2.22. The average molecular weight is 340 g/mol. The molecular formula is C17H20N6O2. The fourth-order valence-electron chi connectivity index (χ4n) is 3.25. The first-order valence-corrected chi connectivity index (χ1v) is 8.39. The highest BCUT2D eigenvalue weighted by atomic mass is 16.4.